The number of halogens is 2. The van der Waals surface area contributed by atoms with Crippen molar-refractivity contribution in [1.29, 1.82) is 0 Å². The quantitative estimate of drug-likeness (QED) is 0.302. The SMILES string of the molecule is Cc1ccc(CN(C(=O)COc2ccc(Cl)cc2Cl)[C@H](Cc2ccccc2)C(=O)NC2CCCCC2)cc1. The Morgan fingerprint density at radius 2 is 1.66 bits per heavy atom. The molecular weight excluding hydrogens is 519 g/mol. The van der Waals surface area contributed by atoms with E-state index in [0.29, 0.717) is 22.2 Å². The molecule has 0 bridgehead atoms. The number of ether oxygens (including phenoxy) is 1. The molecule has 0 aromatic heterocycles. The molecule has 3 aromatic rings. The van der Waals surface area contributed by atoms with Gasteiger partial charge in [0, 0.05) is 24.0 Å². The molecule has 0 radical (unpaired) electrons. The van der Waals surface area contributed by atoms with Crippen molar-refractivity contribution in [2.45, 2.75) is 64.1 Å². The summed E-state index contributed by atoms with van der Waals surface area (Å²) in [5.74, 6) is -0.0620. The normalized spacial score (nSPS) is 14.5. The van der Waals surface area contributed by atoms with Crippen molar-refractivity contribution < 1.29 is 14.3 Å². The molecule has 1 fully saturated rings. The molecule has 4 rings (SSSR count). The van der Waals surface area contributed by atoms with E-state index in [1.54, 1.807) is 23.1 Å². The van der Waals surface area contributed by atoms with Crippen molar-refractivity contribution in [3.63, 3.8) is 0 Å². The minimum Gasteiger partial charge on any atom is -0.482 e. The Morgan fingerprint density at radius 1 is 0.947 bits per heavy atom. The lowest BCUT2D eigenvalue weighted by molar-refractivity contribution is -0.143. The lowest BCUT2D eigenvalue weighted by Crippen LogP contribution is -2.53. The van der Waals surface area contributed by atoms with E-state index < -0.39 is 6.04 Å². The largest absolute Gasteiger partial charge is 0.482 e. The summed E-state index contributed by atoms with van der Waals surface area (Å²) in [5.41, 5.74) is 3.06. The first kappa shape index (κ1) is 28.0. The topological polar surface area (TPSA) is 58.6 Å². The number of nitrogens with one attached hydrogen (secondary N) is 1. The number of amides is 2. The maximum absolute atomic E-state index is 13.8. The number of hydrogen-bond acceptors (Lipinski definition) is 3. The van der Waals surface area contributed by atoms with E-state index in [9.17, 15) is 9.59 Å². The zero-order valence-corrected chi connectivity index (χ0v) is 23.2. The third-order valence-electron chi connectivity index (χ3n) is 6.94. The molecule has 0 saturated heterocycles. The Hall–Kier alpha value is -3.02. The second-order valence-electron chi connectivity index (χ2n) is 9.92. The monoisotopic (exact) mass is 552 g/mol. The highest BCUT2D eigenvalue weighted by Gasteiger charge is 2.32. The molecule has 1 saturated carbocycles. The summed E-state index contributed by atoms with van der Waals surface area (Å²) in [6.45, 7) is 2.05. The van der Waals surface area contributed by atoms with Crippen molar-refractivity contribution in [3.8, 4) is 5.75 Å². The molecule has 0 spiro atoms. The molecule has 1 atom stereocenters. The van der Waals surface area contributed by atoms with E-state index in [-0.39, 0.29) is 31.0 Å². The molecule has 38 heavy (non-hydrogen) atoms. The fourth-order valence-corrected chi connectivity index (χ4v) is 5.27. The van der Waals surface area contributed by atoms with Crippen LogP contribution in [0.25, 0.3) is 0 Å². The minimum absolute atomic E-state index is 0.134. The van der Waals surface area contributed by atoms with Crippen LogP contribution in [0.4, 0.5) is 0 Å². The van der Waals surface area contributed by atoms with E-state index in [0.717, 1.165) is 42.4 Å². The predicted octanol–water partition coefficient (Wildman–Crippen LogP) is 6.77. The van der Waals surface area contributed by atoms with Gasteiger partial charge in [0.2, 0.25) is 5.91 Å². The molecule has 1 aliphatic rings. The van der Waals surface area contributed by atoms with Crippen LogP contribution >= 0.6 is 23.2 Å². The first-order valence-corrected chi connectivity index (χ1v) is 13.9. The maximum atomic E-state index is 13.8. The third-order valence-corrected chi connectivity index (χ3v) is 7.47. The van der Waals surface area contributed by atoms with Crippen molar-refractivity contribution in [2.24, 2.45) is 0 Å². The van der Waals surface area contributed by atoms with Gasteiger partial charge in [0.05, 0.1) is 5.02 Å². The maximum Gasteiger partial charge on any atom is 0.261 e. The average Bonchev–Trinajstić information content (AvgIpc) is 2.92. The van der Waals surface area contributed by atoms with Crippen molar-refractivity contribution in [2.75, 3.05) is 6.61 Å². The van der Waals surface area contributed by atoms with E-state index in [1.807, 2.05) is 61.5 Å². The number of rotatable bonds is 10. The van der Waals surface area contributed by atoms with Gasteiger partial charge in [-0.15, -0.1) is 0 Å². The highest BCUT2D eigenvalue weighted by atomic mass is 35.5. The van der Waals surface area contributed by atoms with Gasteiger partial charge in [0.15, 0.2) is 6.61 Å². The Kier molecular flexibility index (Phi) is 10.1. The number of nitrogens with zero attached hydrogens (tertiary/aromatic N) is 1. The van der Waals surface area contributed by atoms with Crippen LogP contribution in [0.15, 0.2) is 72.8 Å². The second-order valence-corrected chi connectivity index (χ2v) is 10.8. The summed E-state index contributed by atoms with van der Waals surface area (Å²) in [5, 5.41) is 4.06. The van der Waals surface area contributed by atoms with Gasteiger partial charge in [-0.2, -0.15) is 0 Å². The molecule has 2 amide bonds. The summed E-state index contributed by atoms with van der Waals surface area (Å²) >= 11 is 12.3. The fraction of sp³-hybridized carbons (Fsp3) is 0.355. The molecule has 5 nitrogen and oxygen atoms in total. The van der Waals surface area contributed by atoms with Gasteiger partial charge >= 0.3 is 0 Å². The summed E-state index contributed by atoms with van der Waals surface area (Å²) in [6, 6.07) is 22.1. The number of carbonyl (C=O) groups excluding carboxylic acids is 2. The summed E-state index contributed by atoms with van der Waals surface area (Å²) in [6.07, 6.45) is 5.74. The third kappa shape index (κ3) is 7.99. The summed E-state index contributed by atoms with van der Waals surface area (Å²) in [4.78, 5) is 29.2. The van der Waals surface area contributed by atoms with Gasteiger partial charge in [0.1, 0.15) is 11.8 Å². The standard InChI is InChI=1S/C31H34Cl2N2O3/c1-22-12-14-24(15-13-22)20-35(30(36)21-38-29-17-16-25(32)19-27(29)33)28(18-23-8-4-2-5-9-23)31(37)34-26-10-6-3-7-11-26/h2,4-5,8-9,12-17,19,26,28H,3,6-7,10-11,18,20-21H2,1H3,(H,34,37)/t28-/m1/s1. The molecule has 1 aliphatic carbocycles. The highest BCUT2D eigenvalue weighted by molar-refractivity contribution is 6.35. The molecule has 7 heteroatoms. The molecular formula is C31H34Cl2N2O3. The minimum atomic E-state index is -0.697. The van der Waals surface area contributed by atoms with Gasteiger partial charge in [0.25, 0.3) is 5.91 Å². The van der Waals surface area contributed by atoms with Crippen LogP contribution in [0.5, 0.6) is 5.75 Å². The molecule has 0 unspecified atom stereocenters. The Bertz CT molecular complexity index is 1210. The average molecular weight is 554 g/mol. The molecule has 3 aromatic carbocycles. The van der Waals surface area contributed by atoms with E-state index in [1.165, 1.54) is 6.42 Å². The van der Waals surface area contributed by atoms with Crippen molar-refractivity contribution in [1.82, 2.24) is 10.2 Å². The van der Waals surface area contributed by atoms with E-state index in [4.69, 9.17) is 27.9 Å². The van der Waals surface area contributed by atoms with Crippen LogP contribution < -0.4 is 10.1 Å². The zero-order chi connectivity index (χ0) is 26.9. The van der Waals surface area contributed by atoms with Gasteiger partial charge in [-0.25, -0.2) is 0 Å². The van der Waals surface area contributed by atoms with Crippen LogP contribution in [0.3, 0.4) is 0 Å². The van der Waals surface area contributed by atoms with E-state index in [2.05, 4.69) is 5.32 Å². The van der Waals surface area contributed by atoms with Crippen molar-refractivity contribution >= 4 is 35.0 Å². The number of hydrogen-bond donors (Lipinski definition) is 1. The summed E-state index contributed by atoms with van der Waals surface area (Å²) < 4.78 is 5.81. The highest BCUT2D eigenvalue weighted by Crippen LogP contribution is 2.28. The predicted molar refractivity (Wildman–Crippen MR) is 153 cm³/mol. The van der Waals surface area contributed by atoms with Gasteiger partial charge < -0.3 is 15.0 Å². The van der Waals surface area contributed by atoms with Crippen LogP contribution in [0, 0.1) is 6.92 Å². The number of aryl methyl sites for hydroxylation is 1. The number of benzene rings is 3. The van der Waals surface area contributed by atoms with Crippen molar-refractivity contribution in [3.05, 3.63) is 99.5 Å². The van der Waals surface area contributed by atoms with Crippen LogP contribution in [-0.4, -0.2) is 35.4 Å². The zero-order valence-electron chi connectivity index (χ0n) is 21.7. The smallest absolute Gasteiger partial charge is 0.261 e. The van der Waals surface area contributed by atoms with Gasteiger partial charge in [-0.3, -0.25) is 9.59 Å². The Labute approximate surface area is 235 Å². The van der Waals surface area contributed by atoms with E-state index >= 15 is 0 Å². The molecule has 1 N–H and O–H groups in total. The molecule has 0 heterocycles. The lowest BCUT2D eigenvalue weighted by atomic mass is 9.94. The number of carbonyl (C=O) groups is 2. The summed E-state index contributed by atoms with van der Waals surface area (Å²) in [7, 11) is 0. The van der Waals surface area contributed by atoms with Crippen LogP contribution in [-0.2, 0) is 22.6 Å². The second kappa shape index (κ2) is 13.7. The molecule has 200 valence electrons. The van der Waals surface area contributed by atoms with Gasteiger partial charge in [-0.1, -0.05) is 103 Å². The fourth-order valence-electron chi connectivity index (χ4n) is 4.80. The first-order valence-electron chi connectivity index (χ1n) is 13.2. The van der Waals surface area contributed by atoms with Crippen LogP contribution in [0.1, 0.15) is 48.8 Å². The van der Waals surface area contributed by atoms with Crippen LogP contribution in [0.2, 0.25) is 10.0 Å². The van der Waals surface area contributed by atoms with Gasteiger partial charge in [-0.05, 0) is 49.1 Å². The Balaban J connectivity index is 1.61. The molecule has 0 aliphatic heterocycles. The Morgan fingerprint density at radius 3 is 2.34 bits per heavy atom. The first-order chi connectivity index (χ1) is 18.4. The lowest BCUT2D eigenvalue weighted by Gasteiger charge is -2.33.